The van der Waals surface area contributed by atoms with Crippen LogP contribution < -0.4 is 9.62 Å². The molecule has 5 nitrogen and oxygen atoms in total. The van der Waals surface area contributed by atoms with E-state index in [2.05, 4.69) is 5.32 Å². The maximum atomic E-state index is 13.8. The average Bonchev–Trinajstić information content (AvgIpc) is 2.88. The van der Waals surface area contributed by atoms with E-state index in [1.165, 1.54) is 4.31 Å². The average molecular weight is 513 g/mol. The number of carbonyl (C=O) groups excluding carboxylic acids is 1. The van der Waals surface area contributed by atoms with E-state index < -0.39 is 22.0 Å². The number of amides is 1. The van der Waals surface area contributed by atoms with Crippen LogP contribution >= 0.6 is 0 Å². The van der Waals surface area contributed by atoms with Crippen LogP contribution in [0.2, 0.25) is 0 Å². The molecule has 0 aliphatic heterocycles. The first kappa shape index (κ1) is 26.2. The molecule has 0 saturated carbocycles. The highest BCUT2D eigenvalue weighted by molar-refractivity contribution is 7.92. The summed E-state index contributed by atoms with van der Waals surface area (Å²) in [6, 6.07) is 29.5. The van der Waals surface area contributed by atoms with Crippen LogP contribution in [0.1, 0.15) is 39.4 Å². The van der Waals surface area contributed by atoms with Crippen molar-refractivity contribution in [2.24, 2.45) is 0 Å². The Labute approximate surface area is 219 Å². The van der Waals surface area contributed by atoms with Gasteiger partial charge >= 0.3 is 0 Å². The number of benzene rings is 4. The predicted octanol–water partition coefficient (Wildman–Crippen LogP) is 6.02. The summed E-state index contributed by atoms with van der Waals surface area (Å²) in [6.45, 7) is 7.37. The van der Waals surface area contributed by atoms with Crippen molar-refractivity contribution in [3.63, 3.8) is 0 Å². The highest BCUT2D eigenvalue weighted by atomic mass is 32.2. The minimum absolute atomic E-state index is 0.143. The van der Waals surface area contributed by atoms with Crippen molar-refractivity contribution in [3.05, 3.63) is 130 Å². The molecule has 0 spiro atoms. The van der Waals surface area contributed by atoms with Gasteiger partial charge in [0.15, 0.2) is 0 Å². The van der Waals surface area contributed by atoms with Crippen molar-refractivity contribution in [2.75, 3.05) is 10.8 Å². The van der Waals surface area contributed by atoms with Crippen molar-refractivity contribution < 1.29 is 13.2 Å². The van der Waals surface area contributed by atoms with Gasteiger partial charge in [-0.15, -0.1) is 0 Å². The van der Waals surface area contributed by atoms with Crippen molar-refractivity contribution in [3.8, 4) is 0 Å². The van der Waals surface area contributed by atoms with E-state index in [-0.39, 0.29) is 11.4 Å². The summed E-state index contributed by atoms with van der Waals surface area (Å²) >= 11 is 0. The summed E-state index contributed by atoms with van der Waals surface area (Å²) in [5, 5.41) is 3.09. The second-order valence-corrected chi connectivity index (χ2v) is 11.3. The SMILES string of the molecule is Cc1ccc([C@@H](NC(=O)CN(c2ccc(C)cc2C)S(=O)(=O)c2ccc(C)cc2)c2ccccc2)cc1. The molecule has 37 heavy (non-hydrogen) atoms. The van der Waals surface area contributed by atoms with Gasteiger partial charge in [0.25, 0.3) is 10.0 Å². The third-order valence-corrected chi connectivity index (χ3v) is 8.14. The molecule has 0 fully saturated rings. The van der Waals surface area contributed by atoms with Crippen molar-refractivity contribution in [1.82, 2.24) is 5.32 Å². The first-order valence-electron chi connectivity index (χ1n) is 12.2. The molecule has 0 radical (unpaired) electrons. The molecule has 1 N–H and O–H groups in total. The quantitative estimate of drug-likeness (QED) is 0.314. The third-order valence-electron chi connectivity index (χ3n) is 6.37. The molecule has 0 aliphatic carbocycles. The largest absolute Gasteiger partial charge is 0.344 e. The Balaban J connectivity index is 1.71. The maximum absolute atomic E-state index is 13.8. The number of rotatable bonds is 8. The number of hydrogen-bond acceptors (Lipinski definition) is 3. The van der Waals surface area contributed by atoms with Gasteiger partial charge in [0.1, 0.15) is 6.54 Å². The third kappa shape index (κ3) is 6.09. The second kappa shape index (κ2) is 11.0. The monoisotopic (exact) mass is 512 g/mol. The van der Waals surface area contributed by atoms with Gasteiger partial charge in [-0.2, -0.15) is 0 Å². The van der Waals surface area contributed by atoms with Gasteiger partial charge in [0, 0.05) is 0 Å². The van der Waals surface area contributed by atoms with Crippen LogP contribution in [0.15, 0.2) is 102 Å². The molecule has 0 heterocycles. The first-order valence-corrected chi connectivity index (χ1v) is 13.7. The van der Waals surface area contributed by atoms with E-state index in [9.17, 15) is 13.2 Å². The van der Waals surface area contributed by atoms with Gasteiger partial charge in [-0.1, -0.05) is 95.6 Å². The van der Waals surface area contributed by atoms with E-state index in [0.29, 0.717) is 5.69 Å². The van der Waals surface area contributed by atoms with Crippen molar-refractivity contribution in [1.29, 1.82) is 0 Å². The summed E-state index contributed by atoms with van der Waals surface area (Å²) in [4.78, 5) is 13.7. The number of anilines is 1. The topological polar surface area (TPSA) is 66.5 Å². The number of sulfonamides is 1. The Morgan fingerprint density at radius 1 is 0.730 bits per heavy atom. The van der Waals surface area contributed by atoms with Crippen LogP contribution in [0.25, 0.3) is 0 Å². The van der Waals surface area contributed by atoms with Crippen LogP contribution in [0, 0.1) is 27.7 Å². The standard InChI is InChI=1S/C31H32N2O3S/c1-22-10-15-27(16-11-22)31(26-8-6-5-7-9-26)32-30(34)21-33(29-19-14-24(3)20-25(29)4)37(35,36)28-17-12-23(2)13-18-28/h5-20,31H,21H2,1-4H3,(H,32,34)/t31-/m0/s1. The van der Waals surface area contributed by atoms with Crippen LogP contribution in [-0.2, 0) is 14.8 Å². The normalized spacial score (nSPS) is 12.1. The number of hydrogen-bond donors (Lipinski definition) is 1. The Hall–Kier alpha value is -3.90. The molecule has 0 bridgehead atoms. The zero-order valence-electron chi connectivity index (χ0n) is 21.6. The summed E-state index contributed by atoms with van der Waals surface area (Å²) < 4.78 is 28.9. The highest BCUT2D eigenvalue weighted by Gasteiger charge is 2.29. The Bertz CT molecular complexity index is 1480. The summed E-state index contributed by atoms with van der Waals surface area (Å²) in [6.07, 6.45) is 0. The minimum atomic E-state index is -4.00. The number of nitrogens with one attached hydrogen (secondary N) is 1. The number of aryl methyl sites for hydroxylation is 4. The van der Waals surface area contributed by atoms with E-state index in [0.717, 1.165) is 33.4 Å². The fraction of sp³-hybridized carbons (Fsp3) is 0.194. The smallest absolute Gasteiger partial charge is 0.264 e. The van der Waals surface area contributed by atoms with Gasteiger partial charge in [-0.05, 0) is 62.6 Å². The predicted molar refractivity (Wildman–Crippen MR) is 149 cm³/mol. The molecular weight excluding hydrogens is 480 g/mol. The molecular formula is C31H32N2O3S. The second-order valence-electron chi connectivity index (χ2n) is 9.44. The van der Waals surface area contributed by atoms with Gasteiger partial charge in [-0.3, -0.25) is 9.10 Å². The molecule has 0 saturated heterocycles. The van der Waals surface area contributed by atoms with Gasteiger partial charge in [0.2, 0.25) is 5.91 Å². The molecule has 190 valence electrons. The number of nitrogens with zero attached hydrogens (tertiary/aromatic N) is 1. The van der Waals surface area contributed by atoms with Gasteiger partial charge < -0.3 is 5.32 Å². The van der Waals surface area contributed by atoms with Crippen LogP contribution in [0.4, 0.5) is 5.69 Å². The lowest BCUT2D eigenvalue weighted by atomic mass is 9.98. The lowest BCUT2D eigenvalue weighted by molar-refractivity contribution is -0.120. The molecule has 1 atom stereocenters. The van der Waals surface area contributed by atoms with E-state index in [1.54, 1.807) is 30.3 Å². The summed E-state index contributed by atoms with van der Waals surface area (Å²) in [5.74, 6) is -0.398. The minimum Gasteiger partial charge on any atom is -0.344 e. The van der Waals surface area contributed by atoms with Crippen molar-refractivity contribution >= 4 is 21.6 Å². The molecule has 4 aromatic rings. The molecule has 0 unspecified atom stereocenters. The molecule has 0 aromatic heterocycles. The first-order chi connectivity index (χ1) is 17.6. The van der Waals surface area contributed by atoms with Crippen molar-refractivity contribution in [2.45, 2.75) is 38.6 Å². The van der Waals surface area contributed by atoms with Gasteiger partial charge in [0.05, 0.1) is 16.6 Å². The molecule has 6 heteroatoms. The zero-order valence-corrected chi connectivity index (χ0v) is 22.4. The summed E-state index contributed by atoms with van der Waals surface area (Å²) in [7, 11) is -4.00. The lowest BCUT2D eigenvalue weighted by Gasteiger charge is -2.27. The highest BCUT2D eigenvalue weighted by Crippen LogP contribution is 2.28. The summed E-state index contributed by atoms with van der Waals surface area (Å²) in [5.41, 5.74) is 6.19. The molecule has 4 aromatic carbocycles. The Kier molecular flexibility index (Phi) is 7.79. The van der Waals surface area contributed by atoms with E-state index in [4.69, 9.17) is 0 Å². The van der Waals surface area contributed by atoms with Crippen LogP contribution in [-0.4, -0.2) is 20.9 Å². The number of carbonyl (C=O) groups is 1. The van der Waals surface area contributed by atoms with Crippen LogP contribution in [0.3, 0.4) is 0 Å². The molecule has 1 amide bonds. The Morgan fingerprint density at radius 2 is 1.27 bits per heavy atom. The van der Waals surface area contributed by atoms with Crippen LogP contribution in [0.5, 0.6) is 0 Å². The fourth-order valence-electron chi connectivity index (χ4n) is 4.32. The fourth-order valence-corrected chi connectivity index (χ4v) is 5.81. The van der Waals surface area contributed by atoms with E-state index in [1.807, 2.05) is 94.4 Å². The van der Waals surface area contributed by atoms with E-state index >= 15 is 0 Å². The molecule has 4 rings (SSSR count). The van der Waals surface area contributed by atoms with Gasteiger partial charge in [-0.25, -0.2) is 8.42 Å². The zero-order chi connectivity index (χ0) is 26.6. The maximum Gasteiger partial charge on any atom is 0.264 e. The molecule has 0 aliphatic rings. The Morgan fingerprint density at radius 3 is 1.86 bits per heavy atom. The lowest BCUT2D eigenvalue weighted by Crippen LogP contribution is -2.42.